The van der Waals surface area contributed by atoms with E-state index in [-0.39, 0.29) is 5.75 Å². The number of aromatic hydroxyl groups is 1. The molecule has 2 N–H and O–H groups in total. The number of rotatable bonds is 5. The number of nitrogens with one attached hydrogen (secondary N) is 1. The van der Waals surface area contributed by atoms with Gasteiger partial charge < -0.3 is 14.6 Å². The quantitative estimate of drug-likeness (QED) is 0.656. The second kappa shape index (κ2) is 7.31. The lowest BCUT2D eigenvalue weighted by molar-refractivity contribution is 0.0954. The minimum atomic E-state index is -0.415. The van der Waals surface area contributed by atoms with Crippen LogP contribution in [0.3, 0.4) is 0 Å². The zero-order chi connectivity index (χ0) is 16.8. The highest BCUT2D eigenvalue weighted by atomic mass is 16.5. The van der Waals surface area contributed by atoms with Crippen molar-refractivity contribution in [3.63, 3.8) is 0 Å². The summed E-state index contributed by atoms with van der Waals surface area (Å²) in [6.45, 7) is 1.88. The van der Waals surface area contributed by atoms with Crippen LogP contribution >= 0.6 is 0 Å². The molecule has 0 atom stereocenters. The van der Waals surface area contributed by atoms with E-state index < -0.39 is 5.91 Å². The van der Waals surface area contributed by atoms with Gasteiger partial charge in [0.1, 0.15) is 17.2 Å². The van der Waals surface area contributed by atoms with Crippen molar-refractivity contribution >= 4 is 12.1 Å². The lowest BCUT2D eigenvalue weighted by Gasteiger charge is -2.11. The summed E-state index contributed by atoms with van der Waals surface area (Å²) in [7, 11) is 3.15. The fraction of sp³-hybridized carbons (Fsp3) is 0.176. The van der Waals surface area contributed by atoms with E-state index in [0.717, 1.165) is 5.56 Å². The summed E-state index contributed by atoms with van der Waals surface area (Å²) in [4.78, 5) is 11.9. The third kappa shape index (κ3) is 3.79. The van der Waals surface area contributed by atoms with Gasteiger partial charge >= 0.3 is 0 Å². The van der Waals surface area contributed by atoms with Gasteiger partial charge in [0.05, 0.1) is 20.4 Å². The number of hydrazone groups is 1. The topological polar surface area (TPSA) is 80.2 Å². The molecule has 6 heteroatoms. The van der Waals surface area contributed by atoms with Gasteiger partial charge in [0.15, 0.2) is 0 Å². The van der Waals surface area contributed by atoms with Gasteiger partial charge in [-0.05, 0) is 37.3 Å². The Bertz CT molecular complexity index is 741. The summed E-state index contributed by atoms with van der Waals surface area (Å²) < 4.78 is 10.6. The Morgan fingerprint density at radius 3 is 2.65 bits per heavy atom. The van der Waals surface area contributed by atoms with Crippen molar-refractivity contribution in [2.45, 2.75) is 6.92 Å². The van der Waals surface area contributed by atoms with Crippen molar-refractivity contribution in [3.8, 4) is 17.2 Å². The summed E-state index contributed by atoms with van der Waals surface area (Å²) in [5, 5.41) is 13.3. The van der Waals surface area contributed by atoms with Crippen LogP contribution in [0.5, 0.6) is 17.2 Å². The summed E-state index contributed by atoms with van der Waals surface area (Å²) in [6.07, 6.45) is 1.49. The maximum atomic E-state index is 11.9. The minimum absolute atomic E-state index is 0.0223. The molecule has 0 bridgehead atoms. The van der Waals surface area contributed by atoms with Gasteiger partial charge in [-0.1, -0.05) is 6.07 Å². The van der Waals surface area contributed by atoms with Crippen LogP contribution in [0.1, 0.15) is 21.5 Å². The van der Waals surface area contributed by atoms with E-state index in [0.29, 0.717) is 22.6 Å². The maximum Gasteiger partial charge on any atom is 0.271 e. The first kappa shape index (κ1) is 16.4. The number of hydrogen-bond acceptors (Lipinski definition) is 5. The van der Waals surface area contributed by atoms with Gasteiger partial charge in [-0.3, -0.25) is 4.79 Å². The number of methoxy groups -OCH3 is 2. The van der Waals surface area contributed by atoms with E-state index in [1.54, 1.807) is 38.5 Å². The Hall–Kier alpha value is -3.02. The molecule has 0 aliphatic carbocycles. The zero-order valence-electron chi connectivity index (χ0n) is 13.2. The molecule has 0 unspecified atom stereocenters. The van der Waals surface area contributed by atoms with E-state index in [2.05, 4.69) is 10.5 Å². The Labute approximate surface area is 134 Å². The molecule has 120 valence electrons. The molecule has 0 spiro atoms. The van der Waals surface area contributed by atoms with E-state index in [4.69, 9.17) is 9.47 Å². The fourth-order valence-electron chi connectivity index (χ4n) is 2.16. The van der Waals surface area contributed by atoms with Crippen molar-refractivity contribution in [1.29, 1.82) is 0 Å². The average Bonchev–Trinajstić information content (AvgIpc) is 2.55. The Morgan fingerprint density at radius 1 is 1.22 bits per heavy atom. The molecule has 2 aromatic rings. The molecule has 0 aromatic heterocycles. The Kier molecular flexibility index (Phi) is 5.19. The van der Waals surface area contributed by atoms with Crippen molar-refractivity contribution in [2.75, 3.05) is 14.2 Å². The molecule has 0 aliphatic rings. The molecule has 23 heavy (non-hydrogen) atoms. The summed E-state index contributed by atoms with van der Waals surface area (Å²) in [5.41, 5.74) is 4.28. The molecular weight excluding hydrogens is 296 g/mol. The normalized spacial score (nSPS) is 10.6. The van der Waals surface area contributed by atoms with Gasteiger partial charge in [0, 0.05) is 16.7 Å². The first-order chi connectivity index (χ1) is 11.1. The lowest BCUT2D eigenvalue weighted by atomic mass is 10.1. The molecule has 0 aliphatic heterocycles. The van der Waals surface area contributed by atoms with Crippen LogP contribution in [0, 0.1) is 6.92 Å². The van der Waals surface area contributed by atoms with E-state index >= 15 is 0 Å². The predicted octanol–water partition coefficient (Wildman–Crippen LogP) is 2.48. The molecule has 0 radical (unpaired) electrons. The number of carbonyl (C=O) groups excluding carboxylic acids is 1. The van der Waals surface area contributed by atoms with E-state index in [1.807, 2.05) is 6.92 Å². The second-order valence-corrected chi connectivity index (χ2v) is 4.76. The molecule has 0 fully saturated rings. The van der Waals surface area contributed by atoms with Crippen LogP contribution in [0.15, 0.2) is 41.5 Å². The smallest absolute Gasteiger partial charge is 0.271 e. The van der Waals surface area contributed by atoms with E-state index in [1.165, 1.54) is 18.3 Å². The zero-order valence-corrected chi connectivity index (χ0v) is 13.2. The summed E-state index contributed by atoms with van der Waals surface area (Å²) in [6, 6.07) is 9.62. The standard InChI is InChI=1S/C17H18N2O4/c1-11-15(22-2)8-7-13(16(11)23-3)10-18-19-17(21)12-5-4-6-14(20)9-12/h4-10,20H,1-3H3,(H,19,21)/b18-10-. The summed E-state index contributed by atoms with van der Waals surface area (Å²) in [5.74, 6) is 0.943. The number of hydrogen-bond donors (Lipinski definition) is 2. The highest BCUT2D eigenvalue weighted by Crippen LogP contribution is 2.30. The molecule has 2 aromatic carbocycles. The van der Waals surface area contributed by atoms with Crippen molar-refractivity contribution < 1.29 is 19.4 Å². The van der Waals surface area contributed by atoms with Crippen LogP contribution in [0.2, 0.25) is 0 Å². The highest BCUT2D eigenvalue weighted by Gasteiger charge is 2.10. The van der Waals surface area contributed by atoms with Crippen LogP contribution in [0.4, 0.5) is 0 Å². The van der Waals surface area contributed by atoms with Gasteiger partial charge in [-0.25, -0.2) is 5.43 Å². The second-order valence-electron chi connectivity index (χ2n) is 4.76. The number of benzene rings is 2. The van der Waals surface area contributed by atoms with Crippen LogP contribution < -0.4 is 14.9 Å². The molecule has 2 rings (SSSR count). The summed E-state index contributed by atoms with van der Waals surface area (Å²) >= 11 is 0. The van der Waals surface area contributed by atoms with Crippen molar-refractivity contribution in [1.82, 2.24) is 5.43 Å². The van der Waals surface area contributed by atoms with Crippen molar-refractivity contribution in [2.24, 2.45) is 5.10 Å². The fourth-order valence-corrected chi connectivity index (χ4v) is 2.16. The SMILES string of the molecule is COc1ccc(/C=N\NC(=O)c2cccc(O)c2)c(OC)c1C. The predicted molar refractivity (Wildman–Crippen MR) is 87.5 cm³/mol. The van der Waals surface area contributed by atoms with Crippen LogP contribution in [-0.4, -0.2) is 31.4 Å². The van der Waals surface area contributed by atoms with Gasteiger partial charge in [-0.2, -0.15) is 5.10 Å². The Balaban J connectivity index is 2.14. The van der Waals surface area contributed by atoms with E-state index in [9.17, 15) is 9.90 Å². The molecular formula is C17H18N2O4. The van der Waals surface area contributed by atoms with Gasteiger partial charge in [0.25, 0.3) is 5.91 Å². The third-order valence-corrected chi connectivity index (χ3v) is 3.29. The van der Waals surface area contributed by atoms with Gasteiger partial charge in [-0.15, -0.1) is 0 Å². The molecule has 0 saturated heterocycles. The molecule has 0 heterocycles. The number of ether oxygens (including phenoxy) is 2. The number of phenolic OH excluding ortho intramolecular Hbond substituents is 1. The number of phenols is 1. The monoisotopic (exact) mass is 314 g/mol. The largest absolute Gasteiger partial charge is 0.508 e. The number of amides is 1. The highest BCUT2D eigenvalue weighted by molar-refractivity contribution is 5.95. The number of nitrogens with zero attached hydrogens (tertiary/aromatic N) is 1. The Morgan fingerprint density at radius 2 is 2.00 bits per heavy atom. The molecule has 6 nitrogen and oxygen atoms in total. The molecule has 0 saturated carbocycles. The van der Waals surface area contributed by atoms with Crippen LogP contribution in [0.25, 0.3) is 0 Å². The number of carbonyl (C=O) groups is 1. The van der Waals surface area contributed by atoms with Crippen molar-refractivity contribution in [3.05, 3.63) is 53.1 Å². The first-order valence-corrected chi connectivity index (χ1v) is 6.91. The van der Waals surface area contributed by atoms with Gasteiger partial charge in [0.2, 0.25) is 0 Å². The average molecular weight is 314 g/mol. The first-order valence-electron chi connectivity index (χ1n) is 6.91. The minimum Gasteiger partial charge on any atom is -0.508 e. The maximum absolute atomic E-state index is 11.9. The van der Waals surface area contributed by atoms with Crippen LogP contribution in [-0.2, 0) is 0 Å². The lowest BCUT2D eigenvalue weighted by Crippen LogP contribution is -2.17. The molecule has 1 amide bonds. The third-order valence-electron chi connectivity index (χ3n) is 3.29.